The van der Waals surface area contributed by atoms with Crippen LogP contribution in [0.4, 0.5) is 5.00 Å². The van der Waals surface area contributed by atoms with E-state index in [0.717, 1.165) is 41.8 Å². The van der Waals surface area contributed by atoms with E-state index in [-0.39, 0.29) is 0 Å². The van der Waals surface area contributed by atoms with Crippen LogP contribution in [0.3, 0.4) is 0 Å². The molecule has 0 bridgehead atoms. The number of hydrogen-bond donors (Lipinski definition) is 1. The lowest BCUT2D eigenvalue weighted by atomic mass is 9.99. The molecule has 1 saturated heterocycles. The molecule has 0 saturated carbocycles. The Morgan fingerprint density at radius 2 is 2.33 bits per heavy atom. The molecule has 0 aromatic carbocycles. The number of thiazole rings is 1. The Morgan fingerprint density at radius 3 is 2.87 bits per heavy atom. The van der Waals surface area contributed by atoms with Gasteiger partial charge in [0.25, 0.3) is 0 Å². The van der Waals surface area contributed by atoms with E-state index in [9.17, 15) is 0 Å². The molecular weight excluding hydrogens is 208 g/mol. The van der Waals surface area contributed by atoms with Crippen molar-refractivity contribution in [1.82, 2.24) is 4.98 Å². The van der Waals surface area contributed by atoms with Crippen LogP contribution in [0.5, 0.6) is 0 Å². The Bertz CT molecular complexity index is 329. The summed E-state index contributed by atoms with van der Waals surface area (Å²) in [7, 11) is 0. The Balaban J connectivity index is 2.19. The smallest absolute Gasteiger partial charge is 0.110 e. The van der Waals surface area contributed by atoms with E-state index in [0.29, 0.717) is 11.8 Å². The first-order valence-corrected chi connectivity index (χ1v) is 6.34. The zero-order valence-corrected chi connectivity index (χ0v) is 10.1. The SMILES string of the molecule is CC(C)c1nc(C2CCCOC2)c(N)s1. The molecule has 2 N–H and O–H groups in total. The molecule has 1 atom stereocenters. The topological polar surface area (TPSA) is 48.1 Å². The molecule has 0 radical (unpaired) electrons. The van der Waals surface area contributed by atoms with Crippen molar-refractivity contribution in [2.24, 2.45) is 0 Å². The molecule has 15 heavy (non-hydrogen) atoms. The van der Waals surface area contributed by atoms with Gasteiger partial charge in [-0.25, -0.2) is 4.98 Å². The lowest BCUT2D eigenvalue weighted by Gasteiger charge is -2.20. The fourth-order valence-corrected chi connectivity index (χ4v) is 2.78. The summed E-state index contributed by atoms with van der Waals surface area (Å²) in [5, 5.41) is 2.03. The number of hydrogen-bond acceptors (Lipinski definition) is 4. The first-order chi connectivity index (χ1) is 7.18. The van der Waals surface area contributed by atoms with Crippen LogP contribution in [0.25, 0.3) is 0 Å². The first kappa shape index (κ1) is 10.9. The van der Waals surface area contributed by atoms with Crippen molar-refractivity contribution >= 4 is 16.3 Å². The molecule has 2 heterocycles. The fourth-order valence-electron chi connectivity index (χ4n) is 1.86. The summed E-state index contributed by atoms with van der Waals surface area (Å²) in [6.45, 7) is 5.97. The van der Waals surface area contributed by atoms with Crippen LogP contribution < -0.4 is 5.73 Å². The Morgan fingerprint density at radius 1 is 1.53 bits per heavy atom. The second kappa shape index (κ2) is 4.49. The maximum absolute atomic E-state index is 6.01. The second-order valence-corrected chi connectivity index (χ2v) is 5.43. The van der Waals surface area contributed by atoms with Crippen LogP contribution in [-0.4, -0.2) is 18.2 Å². The minimum atomic E-state index is 0.419. The standard InChI is InChI=1S/C11H18N2OS/c1-7(2)11-13-9(10(12)15-11)8-4-3-5-14-6-8/h7-8H,3-6,12H2,1-2H3. The minimum Gasteiger partial charge on any atom is -0.389 e. The quantitative estimate of drug-likeness (QED) is 0.843. The Hall–Kier alpha value is -0.610. The van der Waals surface area contributed by atoms with Gasteiger partial charge in [0, 0.05) is 18.4 Å². The first-order valence-electron chi connectivity index (χ1n) is 5.52. The molecule has 2 rings (SSSR count). The molecule has 1 unspecified atom stereocenters. The van der Waals surface area contributed by atoms with Crippen LogP contribution >= 0.6 is 11.3 Å². The third kappa shape index (κ3) is 2.32. The summed E-state index contributed by atoms with van der Waals surface area (Å²) >= 11 is 1.63. The number of anilines is 1. The molecule has 1 fully saturated rings. The summed E-state index contributed by atoms with van der Waals surface area (Å²) in [6, 6.07) is 0. The van der Waals surface area contributed by atoms with Gasteiger partial charge in [-0.15, -0.1) is 11.3 Å². The number of aromatic nitrogens is 1. The van der Waals surface area contributed by atoms with Crippen LogP contribution in [0.2, 0.25) is 0 Å². The summed E-state index contributed by atoms with van der Waals surface area (Å²) < 4.78 is 5.47. The van der Waals surface area contributed by atoms with E-state index in [1.807, 2.05) is 0 Å². The maximum Gasteiger partial charge on any atom is 0.110 e. The van der Waals surface area contributed by atoms with Crippen molar-refractivity contribution in [3.63, 3.8) is 0 Å². The second-order valence-electron chi connectivity index (χ2n) is 4.37. The number of rotatable bonds is 2. The van der Waals surface area contributed by atoms with Crippen LogP contribution in [0, 0.1) is 0 Å². The molecule has 1 aromatic rings. The molecule has 4 heteroatoms. The highest BCUT2D eigenvalue weighted by Crippen LogP contribution is 2.34. The van der Waals surface area contributed by atoms with E-state index in [4.69, 9.17) is 10.5 Å². The van der Waals surface area contributed by atoms with Gasteiger partial charge in [0.1, 0.15) is 5.00 Å². The summed E-state index contributed by atoms with van der Waals surface area (Å²) in [5.41, 5.74) is 7.08. The van der Waals surface area contributed by atoms with Gasteiger partial charge in [0.05, 0.1) is 17.3 Å². The van der Waals surface area contributed by atoms with Crippen molar-refractivity contribution in [1.29, 1.82) is 0 Å². The van der Waals surface area contributed by atoms with E-state index >= 15 is 0 Å². The number of nitrogen functional groups attached to an aromatic ring is 1. The summed E-state index contributed by atoms with van der Waals surface area (Å²) in [4.78, 5) is 4.65. The van der Waals surface area contributed by atoms with Crippen molar-refractivity contribution in [2.45, 2.75) is 38.5 Å². The van der Waals surface area contributed by atoms with Gasteiger partial charge in [-0.05, 0) is 12.8 Å². The highest BCUT2D eigenvalue weighted by molar-refractivity contribution is 7.15. The molecule has 0 aliphatic carbocycles. The van der Waals surface area contributed by atoms with Crippen LogP contribution in [0.15, 0.2) is 0 Å². The Kier molecular flexibility index (Phi) is 3.26. The van der Waals surface area contributed by atoms with Crippen molar-refractivity contribution < 1.29 is 4.74 Å². The highest BCUT2D eigenvalue weighted by Gasteiger charge is 2.22. The van der Waals surface area contributed by atoms with Gasteiger partial charge < -0.3 is 10.5 Å². The molecular formula is C11H18N2OS. The van der Waals surface area contributed by atoms with E-state index in [2.05, 4.69) is 18.8 Å². The van der Waals surface area contributed by atoms with E-state index in [1.165, 1.54) is 0 Å². The van der Waals surface area contributed by atoms with Crippen molar-refractivity contribution in [3.05, 3.63) is 10.7 Å². The minimum absolute atomic E-state index is 0.419. The van der Waals surface area contributed by atoms with Crippen molar-refractivity contribution in [3.8, 4) is 0 Å². The summed E-state index contributed by atoms with van der Waals surface area (Å²) in [6.07, 6.45) is 2.28. The summed E-state index contributed by atoms with van der Waals surface area (Å²) in [5.74, 6) is 0.887. The molecule has 0 amide bonds. The van der Waals surface area contributed by atoms with E-state index < -0.39 is 0 Å². The highest BCUT2D eigenvalue weighted by atomic mass is 32.1. The third-order valence-electron chi connectivity index (χ3n) is 2.74. The lowest BCUT2D eigenvalue weighted by molar-refractivity contribution is 0.0796. The molecule has 84 valence electrons. The molecule has 3 nitrogen and oxygen atoms in total. The number of nitrogens with zero attached hydrogens (tertiary/aromatic N) is 1. The maximum atomic E-state index is 6.01. The largest absolute Gasteiger partial charge is 0.389 e. The van der Waals surface area contributed by atoms with Gasteiger partial charge >= 0.3 is 0 Å². The normalized spacial score (nSPS) is 22.2. The number of nitrogens with two attached hydrogens (primary N) is 1. The van der Waals surface area contributed by atoms with Crippen LogP contribution in [-0.2, 0) is 4.74 Å². The van der Waals surface area contributed by atoms with Crippen molar-refractivity contribution in [2.75, 3.05) is 18.9 Å². The third-order valence-corrected chi connectivity index (χ3v) is 3.94. The zero-order chi connectivity index (χ0) is 10.8. The molecule has 1 aromatic heterocycles. The predicted octanol–water partition coefficient (Wildman–Crippen LogP) is 2.74. The fraction of sp³-hybridized carbons (Fsp3) is 0.727. The zero-order valence-electron chi connectivity index (χ0n) is 9.32. The van der Waals surface area contributed by atoms with Gasteiger partial charge in [0.15, 0.2) is 0 Å². The monoisotopic (exact) mass is 226 g/mol. The average Bonchev–Trinajstić information content (AvgIpc) is 2.62. The molecule has 1 aliphatic heterocycles. The molecule has 0 spiro atoms. The van der Waals surface area contributed by atoms with Gasteiger partial charge in [0.2, 0.25) is 0 Å². The van der Waals surface area contributed by atoms with Gasteiger partial charge in [-0.1, -0.05) is 13.8 Å². The molecule has 1 aliphatic rings. The predicted molar refractivity (Wildman–Crippen MR) is 63.4 cm³/mol. The van der Waals surface area contributed by atoms with Crippen LogP contribution in [0.1, 0.15) is 49.2 Å². The van der Waals surface area contributed by atoms with E-state index in [1.54, 1.807) is 11.3 Å². The average molecular weight is 226 g/mol. The lowest BCUT2D eigenvalue weighted by Crippen LogP contribution is -2.16. The number of ether oxygens (including phenoxy) is 1. The van der Waals surface area contributed by atoms with Gasteiger partial charge in [-0.2, -0.15) is 0 Å². The van der Waals surface area contributed by atoms with Gasteiger partial charge in [-0.3, -0.25) is 0 Å². The Labute approximate surface area is 94.7 Å².